The van der Waals surface area contributed by atoms with Gasteiger partial charge in [-0.05, 0) is 24.3 Å². The summed E-state index contributed by atoms with van der Waals surface area (Å²) in [5.41, 5.74) is 1.83. The normalized spacial score (nSPS) is 10.8. The van der Waals surface area contributed by atoms with Crippen LogP contribution in [0.15, 0.2) is 48.5 Å². The second-order valence-electron chi connectivity index (χ2n) is 4.47. The third kappa shape index (κ3) is 2.46. The molecule has 0 aliphatic rings. The van der Waals surface area contributed by atoms with E-state index >= 15 is 0 Å². The van der Waals surface area contributed by atoms with Crippen molar-refractivity contribution in [3.8, 4) is 11.3 Å². The highest BCUT2D eigenvalue weighted by atomic mass is 35.5. The van der Waals surface area contributed by atoms with Gasteiger partial charge >= 0.3 is 5.97 Å². The maximum absolute atomic E-state index is 11.5. The molecule has 0 aliphatic heterocycles. The second kappa shape index (κ2) is 5.35. The first-order valence-corrected chi connectivity index (χ1v) is 6.91. The van der Waals surface area contributed by atoms with E-state index in [1.54, 1.807) is 30.3 Å². The van der Waals surface area contributed by atoms with Gasteiger partial charge < -0.3 is 5.11 Å². The Bertz CT molecular complexity index is 862. The molecule has 0 saturated heterocycles. The number of hydrogen-bond donors (Lipinski definition) is 1. The van der Waals surface area contributed by atoms with E-state index in [2.05, 4.69) is 4.98 Å². The van der Waals surface area contributed by atoms with Crippen LogP contribution in [0.2, 0.25) is 10.0 Å². The smallest absolute Gasteiger partial charge is 0.336 e. The van der Waals surface area contributed by atoms with Crippen molar-refractivity contribution in [2.45, 2.75) is 0 Å². The number of rotatable bonds is 2. The lowest BCUT2D eigenvalue weighted by atomic mass is 10.0. The van der Waals surface area contributed by atoms with Crippen LogP contribution < -0.4 is 0 Å². The van der Waals surface area contributed by atoms with Gasteiger partial charge in [0.25, 0.3) is 0 Å². The van der Waals surface area contributed by atoms with Crippen molar-refractivity contribution in [2.24, 2.45) is 0 Å². The summed E-state index contributed by atoms with van der Waals surface area (Å²) in [7, 11) is 0. The van der Waals surface area contributed by atoms with Gasteiger partial charge in [-0.15, -0.1) is 0 Å². The van der Waals surface area contributed by atoms with E-state index in [4.69, 9.17) is 23.2 Å². The highest BCUT2D eigenvalue weighted by molar-refractivity contribution is 6.36. The number of aromatic carboxylic acids is 1. The summed E-state index contributed by atoms with van der Waals surface area (Å²) >= 11 is 12.3. The van der Waals surface area contributed by atoms with Crippen LogP contribution in [0, 0.1) is 0 Å². The van der Waals surface area contributed by atoms with Gasteiger partial charge in [-0.1, -0.05) is 47.5 Å². The zero-order chi connectivity index (χ0) is 15.0. The average molecular weight is 318 g/mol. The number of nitrogens with zero attached hydrogens (tertiary/aromatic N) is 1. The molecule has 0 spiro atoms. The first-order chi connectivity index (χ1) is 10.1. The van der Waals surface area contributed by atoms with Crippen LogP contribution in [0.1, 0.15) is 10.4 Å². The standard InChI is InChI=1S/C16H9Cl2NO2/c17-11-5-2-1-4-9(11)14-8-10(16(20)21)15-12(18)6-3-7-13(15)19-14/h1-8H,(H,20,21). The molecule has 1 aromatic heterocycles. The van der Waals surface area contributed by atoms with Crippen LogP contribution in [-0.4, -0.2) is 16.1 Å². The fraction of sp³-hybridized carbons (Fsp3) is 0. The molecule has 104 valence electrons. The Morgan fingerprint density at radius 3 is 2.43 bits per heavy atom. The van der Waals surface area contributed by atoms with Crippen molar-refractivity contribution in [2.75, 3.05) is 0 Å². The molecule has 0 radical (unpaired) electrons. The Morgan fingerprint density at radius 2 is 1.71 bits per heavy atom. The molecule has 0 amide bonds. The molecule has 3 aromatic rings. The first kappa shape index (κ1) is 13.9. The Morgan fingerprint density at radius 1 is 1.00 bits per heavy atom. The lowest BCUT2D eigenvalue weighted by Crippen LogP contribution is -2.01. The lowest BCUT2D eigenvalue weighted by molar-refractivity contribution is 0.0699. The summed E-state index contributed by atoms with van der Waals surface area (Å²) in [6.07, 6.45) is 0. The number of pyridine rings is 1. The van der Waals surface area contributed by atoms with Gasteiger partial charge in [0.1, 0.15) is 0 Å². The van der Waals surface area contributed by atoms with Crippen molar-refractivity contribution in [1.29, 1.82) is 0 Å². The van der Waals surface area contributed by atoms with E-state index in [9.17, 15) is 9.90 Å². The number of carboxylic acids is 1. The van der Waals surface area contributed by atoms with Crippen LogP contribution in [0.3, 0.4) is 0 Å². The van der Waals surface area contributed by atoms with Crippen molar-refractivity contribution >= 4 is 40.1 Å². The molecule has 0 fully saturated rings. The Labute approximate surface area is 130 Å². The summed E-state index contributed by atoms with van der Waals surface area (Å²) in [6.45, 7) is 0. The molecule has 3 nitrogen and oxygen atoms in total. The van der Waals surface area contributed by atoms with Gasteiger partial charge in [0, 0.05) is 16.0 Å². The number of carboxylic acid groups (broad SMARTS) is 1. The molecule has 0 aliphatic carbocycles. The fourth-order valence-electron chi connectivity index (χ4n) is 2.22. The van der Waals surface area contributed by atoms with E-state index in [-0.39, 0.29) is 5.56 Å². The van der Waals surface area contributed by atoms with E-state index in [1.807, 2.05) is 12.1 Å². The maximum atomic E-state index is 11.5. The SMILES string of the molecule is O=C(O)c1cc(-c2ccccc2Cl)nc2cccc(Cl)c12. The molecule has 0 bridgehead atoms. The lowest BCUT2D eigenvalue weighted by Gasteiger charge is -2.09. The molecule has 0 unspecified atom stereocenters. The molecular formula is C16H9Cl2NO2. The Hall–Kier alpha value is -2.10. The minimum Gasteiger partial charge on any atom is -0.478 e. The van der Waals surface area contributed by atoms with E-state index in [0.717, 1.165) is 0 Å². The highest BCUT2D eigenvalue weighted by Crippen LogP contribution is 2.32. The second-order valence-corrected chi connectivity index (χ2v) is 5.29. The number of benzene rings is 2. The number of halogens is 2. The van der Waals surface area contributed by atoms with Crippen molar-refractivity contribution in [3.05, 3.63) is 64.1 Å². The minimum absolute atomic E-state index is 0.112. The number of fused-ring (bicyclic) bond motifs is 1. The zero-order valence-electron chi connectivity index (χ0n) is 10.7. The molecule has 2 aromatic carbocycles. The fourth-order valence-corrected chi connectivity index (χ4v) is 2.72. The third-order valence-electron chi connectivity index (χ3n) is 3.16. The summed E-state index contributed by atoms with van der Waals surface area (Å²) < 4.78 is 0. The average Bonchev–Trinajstić information content (AvgIpc) is 2.46. The summed E-state index contributed by atoms with van der Waals surface area (Å²) in [5.74, 6) is -1.05. The molecule has 0 saturated carbocycles. The van der Waals surface area contributed by atoms with E-state index in [1.165, 1.54) is 6.07 Å². The highest BCUT2D eigenvalue weighted by Gasteiger charge is 2.16. The van der Waals surface area contributed by atoms with Gasteiger partial charge in [-0.3, -0.25) is 0 Å². The van der Waals surface area contributed by atoms with E-state index < -0.39 is 5.97 Å². The number of hydrogen-bond acceptors (Lipinski definition) is 2. The molecule has 1 heterocycles. The summed E-state index contributed by atoms with van der Waals surface area (Å²) in [5, 5.41) is 10.7. The first-order valence-electron chi connectivity index (χ1n) is 6.15. The van der Waals surface area contributed by atoms with Crippen molar-refractivity contribution in [1.82, 2.24) is 4.98 Å². The summed E-state index contributed by atoms with van der Waals surface area (Å²) in [4.78, 5) is 16.0. The monoisotopic (exact) mass is 317 g/mol. The minimum atomic E-state index is -1.05. The van der Waals surface area contributed by atoms with Crippen LogP contribution in [0.25, 0.3) is 22.2 Å². The molecule has 3 rings (SSSR count). The van der Waals surface area contributed by atoms with E-state index in [0.29, 0.717) is 32.2 Å². The zero-order valence-corrected chi connectivity index (χ0v) is 12.2. The molecule has 0 atom stereocenters. The van der Waals surface area contributed by atoms with Gasteiger partial charge in [0.15, 0.2) is 0 Å². The number of aromatic nitrogens is 1. The quantitative estimate of drug-likeness (QED) is 0.730. The largest absolute Gasteiger partial charge is 0.478 e. The van der Waals surface area contributed by atoms with Gasteiger partial charge in [-0.2, -0.15) is 0 Å². The predicted molar refractivity (Wildman–Crippen MR) is 84.2 cm³/mol. The third-order valence-corrected chi connectivity index (χ3v) is 3.81. The van der Waals surface area contributed by atoms with Crippen LogP contribution in [0.5, 0.6) is 0 Å². The molecular weight excluding hydrogens is 309 g/mol. The van der Waals surface area contributed by atoms with Gasteiger partial charge in [0.2, 0.25) is 0 Å². The number of carbonyl (C=O) groups is 1. The Balaban J connectivity index is 2.37. The predicted octanol–water partition coefficient (Wildman–Crippen LogP) is 4.91. The topological polar surface area (TPSA) is 50.2 Å². The molecule has 1 N–H and O–H groups in total. The summed E-state index contributed by atoms with van der Waals surface area (Å²) in [6, 6.07) is 13.8. The van der Waals surface area contributed by atoms with Crippen LogP contribution >= 0.6 is 23.2 Å². The van der Waals surface area contributed by atoms with Crippen molar-refractivity contribution in [3.63, 3.8) is 0 Å². The molecule has 21 heavy (non-hydrogen) atoms. The van der Waals surface area contributed by atoms with Crippen LogP contribution in [-0.2, 0) is 0 Å². The Kier molecular flexibility index (Phi) is 3.53. The van der Waals surface area contributed by atoms with Crippen LogP contribution in [0.4, 0.5) is 0 Å². The van der Waals surface area contributed by atoms with Gasteiger partial charge in [0.05, 0.1) is 21.8 Å². The van der Waals surface area contributed by atoms with Gasteiger partial charge in [-0.25, -0.2) is 9.78 Å². The molecule has 5 heteroatoms. The maximum Gasteiger partial charge on any atom is 0.336 e. The van der Waals surface area contributed by atoms with Crippen molar-refractivity contribution < 1.29 is 9.90 Å².